The first-order chi connectivity index (χ1) is 13.9. The molecule has 1 unspecified atom stereocenters. The van der Waals surface area contributed by atoms with Gasteiger partial charge in [-0.05, 0) is 35.8 Å². The highest BCUT2D eigenvalue weighted by Gasteiger charge is 2.36. The van der Waals surface area contributed by atoms with Crippen molar-refractivity contribution in [3.05, 3.63) is 77.0 Å². The van der Waals surface area contributed by atoms with E-state index in [2.05, 4.69) is 13.8 Å². The van der Waals surface area contributed by atoms with Crippen LogP contribution in [0.25, 0.3) is 0 Å². The number of thioether (sulfide) groups is 1. The van der Waals surface area contributed by atoms with E-state index in [-0.39, 0.29) is 23.0 Å². The van der Waals surface area contributed by atoms with E-state index in [0.29, 0.717) is 12.4 Å². The average molecular weight is 414 g/mol. The second-order valence-corrected chi connectivity index (χ2v) is 7.97. The lowest BCUT2D eigenvalue weighted by Gasteiger charge is -2.25. The minimum absolute atomic E-state index is 0.119. The van der Waals surface area contributed by atoms with Crippen molar-refractivity contribution in [1.29, 1.82) is 0 Å². The number of carboxylic acids is 1. The van der Waals surface area contributed by atoms with E-state index in [1.807, 2.05) is 24.3 Å². The van der Waals surface area contributed by atoms with Gasteiger partial charge in [0, 0.05) is 4.90 Å². The third kappa shape index (κ3) is 4.74. The SMILES string of the molecule is CC(C)c1ccccc1SC1C(=O)C(OCC(=O)O)=C(C2=CC=CCO2)C=C1O. The van der Waals surface area contributed by atoms with Crippen molar-refractivity contribution in [2.24, 2.45) is 0 Å². The van der Waals surface area contributed by atoms with Gasteiger partial charge in [0.05, 0.1) is 5.57 Å². The summed E-state index contributed by atoms with van der Waals surface area (Å²) in [5, 5.41) is 18.7. The molecule has 1 aromatic rings. The van der Waals surface area contributed by atoms with Gasteiger partial charge in [0.1, 0.15) is 23.4 Å². The van der Waals surface area contributed by atoms with Crippen LogP contribution in [0.3, 0.4) is 0 Å². The van der Waals surface area contributed by atoms with Crippen LogP contribution in [0.4, 0.5) is 0 Å². The Labute approximate surface area is 173 Å². The fourth-order valence-electron chi connectivity index (χ4n) is 3.01. The van der Waals surface area contributed by atoms with Crippen molar-refractivity contribution >= 4 is 23.5 Å². The Kier molecular flexibility index (Phi) is 6.49. The quantitative estimate of drug-likeness (QED) is 0.693. The molecule has 0 radical (unpaired) electrons. The predicted octanol–water partition coefficient (Wildman–Crippen LogP) is 4.12. The third-order valence-corrected chi connectivity index (χ3v) is 5.69. The number of ketones is 1. The van der Waals surface area contributed by atoms with Crippen LogP contribution in [-0.4, -0.2) is 40.4 Å². The lowest BCUT2D eigenvalue weighted by Crippen LogP contribution is -2.29. The number of benzene rings is 1. The van der Waals surface area contributed by atoms with Crippen LogP contribution < -0.4 is 0 Å². The van der Waals surface area contributed by atoms with Gasteiger partial charge in [-0.15, -0.1) is 11.8 Å². The molecular weight excluding hydrogens is 392 g/mol. The predicted molar refractivity (Wildman–Crippen MR) is 110 cm³/mol. The Hall–Kier alpha value is -2.93. The van der Waals surface area contributed by atoms with Crippen LogP contribution in [0.5, 0.6) is 0 Å². The van der Waals surface area contributed by atoms with Crippen molar-refractivity contribution in [2.75, 3.05) is 13.2 Å². The Balaban J connectivity index is 1.97. The monoisotopic (exact) mass is 414 g/mol. The van der Waals surface area contributed by atoms with Crippen molar-refractivity contribution < 1.29 is 29.3 Å². The standard InChI is InChI=1S/C22H22O6S/c1-13(2)14-7-3-4-9-18(14)29-22-16(23)11-15(17-8-5-6-10-27-17)21(20(22)26)28-12-19(24)25/h3-9,11,13,22-23H,10,12H2,1-2H3,(H,24,25). The van der Waals surface area contributed by atoms with Gasteiger partial charge in [0.25, 0.3) is 0 Å². The summed E-state index contributed by atoms with van der Waals surface area (Å²) >= 11 is 1.22. The molecule has 6 nitrogen and oxygen atoms in total. The van der Waals surface area contributed by atoms with Gasteiger partial charge in [-0.2, -0.15) is 0 Å². The van der Waals surface area contributed by atoms with Gasteiger partial charge in [0.2, 0.25) is 5.78 Å². The number of carbonyl (C=O) groups excluding carboxylic acids is 1. The summed E-state index contributed by atoms with van der Waals surface area (Å²) in [7, 11) is 0. The average Bonchev–Trinajstić information content (AvgIpc) is 2.70. The summed E-state index contributed by atoms with van der Waals surface area (Å²) < 4.78 is 10.9. The lowest BCUT2D eigenvalue weighted by molar-refractivity contribution is -0.141. The zero-order chi connectivity index (χ0) is 21.0. The number of carboxylic acid groups (broad SMARTS) is 1. The summed E-state index contributed by atoms with van der Waals surface area (Å²) in [4.78, 5) is 25.1. The zero-order valence-electron chi connectivity index (χ0n) is 16.1. The number of rotatable bonds is 7. The molecule has 3 rings (SSSR count). The molecule has 1 atom stereocenters. The second kappa shape index (κ2) is 9.05. The van der Waals surface area contributed by atoms with Crippen LogP contribution in [0, 0.1) is 0 Å². The number of Topliss-reactive ketones (excluding diaryl/α,β-unsaturated/α-hetero) is 1. The molecule has 29 heavy (non-hydrogen) atoms. The van der Waals surface area contributed by atoms with E-state index >= 15 is 0 Å². The largest absolute Gasteiger partial charge is 0.511 e. The van der Waals surface area contributed by atoms with Gasteiger partial charge in [-0.25, -0.2) is 4.79 Å². The Morgan fingerprint density at radius 1 is 1.34 bits per heavy atom. The molecule has 0 saturated carbocycles. The summed E-state index contributed by atoms with van der Waals surface area (Å²) in [5.41, 5.74) is 1.30. The fraction of sp³-hybridized carbons (Fsp3) is 0.273. The van der Waals surface area contributed by atoms with Crippen LogP contribution in [-0.2, 0) is 19.1 Å². The van der Waals surface area contributed by atoms with Crippen LogP contribution in [0.1, 0.15) is 25.3 Å². The van der Waals surface area contributed by atoms with Gasteiger partial charge >= 0.3 is 5.97 Å². The molecule has 2 N–H and O–H groups in total. The van der Waals surface area contributed by atoms with Crippen molar-refractivity contribution in [3.63, 3.8) is 0 Å². The van der Waals surface area contributed by atoms with Crippen LogP contribution in [0.15, 0.2) is 76.3 Å². The maximum atomic E-state index is 13.2. The van der Waals surface area contributed by atoms with Crippen molar-refractivity contribution in [3.8, 4) is 0 Å². The highest BCUT2D eigenvalue weighted by atomic mass is 32.2. The van der Waals surface area contributed by atoms with E-state index in [9.17, 15) is 14.7 Å². The molecule has 0 fully saturated rings. The molecule has 7 heteroatoms. The Morgan fingerprint density at radius 2 is 2.10 bits per heavy atom. The molecule has 0 amide bonds. The number of ether oxygens (including phenoxy) is 2. The summed E-state index contributed by atoms with van der Waals surface area (Å²) in [6.07, 6.45) is 6.61. The minimum Gasteiger partial charge on any atom is -0.511 e. The van der Waals surface area contributed by atoms with Gasteiger partial charge in [0.15, 0.2) is 12.4 Å². The number of aliphatic hydroxyl groups is 1. The second-order valence-electron chi connectivity index (χ2n) is 6.82. The van der Waals surface area contributed by atoms with Crippen molar-refractivity contribution in [2.45, 2.75) is 29.9 Å². The van der Waals surface area contributed by atoms with E-state index in [1.165, 1.54) is 17.8 Å². The molecule has 1 aliphatic carbocycles. The smallest absolute Gasteiger partial charge is 0.341 e. The van der Waals surface area contributed by atoms with Crippen LogP contribution >= 0.6 is 11.8 Å². The molecule has 1 aromatic carbocycles. The third-order valence-electron chi connectivity index (χ3n) is 4.38. The molecule has 1 aliphatic heterocycles. The molecule has 1 heterocycles. The normalized spacial score (nSPS) is 19.0. The van der Waals surface area contributed by atoms with E-state index in [0.717, 1.165) is 10.5 Å². The maximum absolute atomic E-state index is 13.2. The van der Waals surface area contributed by atoms with Gasteiger partial charge in [-0.3, -0.25) is 4.79 Å². The van der Waals surface area contributed by atoms with Gasteiger partial charge in [-0.1, -0.05) is 38.1 Å². The number of aliphatic carboxylic acids is 1. The number of aliphatic hydroxyl groups excluding tert-OH is 1. The molecule has 0 bridgehead atoms. The van der Waals surface area contributed by atoms with Crippen molar-refractivity contribution in [1.82, 2.24) is 0 Å². The van der Waals surface area contributed by atoms with E-state index < -0.39 is 23.6 Å². The van der Waals surface area contributed by atoms with E-state index in [1.54, 1.807) is 18.2 Å². The zero-order valence-corrected chi connectivity index (χ0v) is 16.9. The molecule has 0 saturated heterocycles. The molecule has 0 aromatic heterocycles. The first-order valence-corrected chi connectivity index (χ1v) is 10.1. The summed E-state index contributed by atoms with van der Waals surface area (Å²) in [6.45, 7) is 3.75. The topological polar surface area (TPSA) is 93.1 Å². The fourth-order valence-corrected chi connectivity index (χ4v) is 4.27. The molecule has 0 spiro atoms. The highest BCUT2D eigenvalue weighted by molar-refractivity contribution is 8.01. The number of allylic oxidation sites excluding steroid dienone is 4. The highest BCUT2D eigenvalue weighted by Crippen LogP contribution is 2.39. The van der Waals surface area contributed by atoms with Crippen LogP contribution in [0.2, 0.25) is 0 Å². The van der Waals surface area contributed by atoms with E-state index in [4.69, 9.17) is 14.6 Å². The molecule has 2 aliphatic rings. The minimum atomic E-state index is -1.20. The Morgan fingerprint density at radius 3 is 2.76 bits per heavy atom. The molecular formula is C22H22O6S. The first kappa shape index (κ1) is 20.8. The first-order valence-electron chi connectivity index (χ1n) is 9.17. The number of hydrogen-bond donors (Lipinski definition) is 2. The lowest BCUT2D eigenvalue weighted by atomic mass is 9.99. The molecule has 152 valence electrons. The number of hydrogen-bond acceptors (Lipinski definition) is 6. The summed E-state index contributed by atoms with van der Waals surface area (Å²) in [6, 6.07) is 7.68. The maximum Gasteiger partial charge on any atom is 0.341 e. The van der Waals surface area contributed by atoms with Gasteiger partial charge < -0.3 is 19.7 Å². The Bertz CT molecular complexity index is 938. The number of carbonyl (C=O) groups is 2. The summed E-state index contributed by atoms with van der Waals surface area (Å²) in [5.74, 6) is -1.36.